The van der Waals surface area contributed by atoms with Crippen molar-refractivity contribution in [3.8, 4) is 5.69 Å². The highest BCUT2D eigenvalue weighted by molar-refractivity contribution is 9.10. The van der Waals surface area contributed by atoms with Crippen LogP contribution in [0.5, 0.6) is 0 Å². The van der Waals surface area contributed by atoms with Crippen LogP contribution in [0.2, 0.25) is 0 Å². The predicted octanol–water partition coefficient (Wildman–Crippen LogP) is 3.13. The number of carbonyl (C=O) groups is 1. The second-order valence-electron chi connectivity index (χ2n) is 4.73. The Bertz CT molecular complexity index is 676. The summed E-state index contributed by atoms with van der Waals surface area (Å²) >= 11 is 3.50. The highest BCUT2D eigenvalue weighted by Gasteiger charge is 2.27. The van der Waals surface area contributed by atoms with Gasteiger partial charge < -0.3 is 5.11 Å². The van der Waals surface area contributed by atoms with E-state index in [4.69, 9.17) is 0 Å². The number of halogens is 1. The van der Waals surface area contributed by atoms with Gasteiger partial charge in [0, 0.05) is 15.7 Å². The summed E-state index contributed by atoms with van der Waals surface area (Å²) in [6.07, 6.45) is 2.70. The molecule has 1 aromatic heterocycles. The van der Waals surface area contributed by atoms with E-state index in [0.29, 0.717) is 0 Å². The van der Waals surface area contributed by atoms with Gasteiger partial charge in [-0.1, -0.05) is 22.0 Å². The van der Waals surface area contributed by atoms with Gasteiger partial charge in [-0.05, 0) is 43.9 Å². The molecule has 5 heteroatoms. The Hall–Kier alpha value is -1.62. The topological polar surface area (TPSA) is 55.1 Å². The van der Waals surface area contributed by atoms with E-state index in [1.807, 2.05) is 25.1 Å². The maximum absolute atomic E-state index is 11.3. The molecule has 0 bridgehead atoms. The lowest BCUT2D eigenvalue weighted by molar-refractivity contribution is 0.0689. The normalized spacial score (nSPS) is 13.6. The molecule has 98 valence electrons. The number of carboxylic acids is 1. The molecular formula is C14H13BrN2O2. The zero-order valence-corrected chi connectivity index (χ0v) is 12.1. The zero-order chi connectivity index (χ0) is 13.6. The zero-order valence-electron chi connectivity index (χ0n) is 10.5. The fourth-order valence-corrected chi connectivity index (χ4v) is 2.99. The summed E-state index contributed by atoms with van der Waals surface area (Å²) in [6, 6.07) is 5.88. The molecule has 0 unspecified atom stereocenters. The smallest absolute Gasteiger partial charge is 0.356 e. The van der Waals surface area contributed by atoms with Crippen LogP contribution in [0.15, 0.2) is 22.7 Å². The molecule has 0 aliphatic heterocycles. The molecule has 0 atom stereocenters. The van der Waals surface area contributed by atoms with Crippen molar-refractivity contribution in [2.45, 2.75) is 26.2 Å². The number of aromatic carboxylic acids is 1. The molecule has 0 saturated carbocycles. The van der Waals surface area contributed by atoms with E-state index in [2.05, 4.69) is 21.0 Å². The number of hydrogen-bond acceptors (Lipinski definition) is 2. The minimum absolute atomic E-state index is 0.201. The SMILES string of the molecule is Cc1c(Br)cccc1-n1nc(C(=O)O)c2c1CCC2. The first-order valence-corrected chi connectivity index (χ1v) is 6.98. The average molecular weight is 321 g/mol. The maximum Gasteiger partial charge on any atom is 0.356 e. The van der Waals surface area contributed by atoms with Crippen molar-refractivity contribution >= 4 is 21.9 Å². The van der Waals surface area contributed by atoms with E-state index in [9.17, 15) is 9.90 Å². The molecule has 1 aliphatic rings. The van der Waals surface area contributed by atoms with E-state index in [1.165, 1.54) is 0 Å². The molecule has 4 nitrogen and oxygen atoms in total. The lowest BCUT2D eigenvalue weighted by Crippen LogP contribution is -2.06. The van der Waals surface area contributed by atoms with Gasteiger partial charge in [-0.15, -0.1) is 0 Å². The first kappa shape index (κ1) is 12.4. The Morgan fingerprint density at radius 3 is 2.95 bits per heavy atom. The summed E-state index contributed by atoms with van der Waals surface area (Å²) in [5.41, 5.74) is 4.15. The number of fused-ring (bicyclic) bond motifs is 1. The monoisotopic (exact) mass is 320 g/mol. The van der Waals surface area contributed by atoms with Crippen molar-refractivity contribution in [1.82, 2.24) is 9.78 Å². The third-order valence-corrected chi connectivity index (χ3v) is 4.46. The molecular weight excluding hydrogens is 308 g/mol. The lowest BCUT2D eigenvalue weighted by atomic mass is 10.2. The summed E-state index contributed by atoms with van der Waals surface area (Å²) in [6.45, 7) is 2.00. The summed E-state index contributed by atoms with van der Waals surface area (Å²) in [5, 5.41) is 13.5. The molecule has 2 aromatic rings. The Kier molecular flexibility index (Phi) is 2.93. The summed E-state index contributed by atoms with van der Waals surface area (Å²) in [7, 11) is 0. The maximum atomic E-state index is 11.3. The minimum Gasteiger partial charge on any atom is -0.476 e. The Morgan fingerprint density at radius 1 is 1.42 bits per heavy atom. The molecule has 0 saturated heterocycles. The Labute approximate surface area is 119 Å². The van der Waals surface area contributed by atoms with Crippen LogP contribution in [-0.4, -0.2) is 20.9 Å². The van der Waals surface area contributed by atoms with Crippen LogP contribution >= 0.6 is 15.9 Å². The second kappa shape index (κ2) is 4.49. The molecule has 19 heavy (non-hydrogen) atoms. The molecule has 0 fully saturated rings. The third-order valence-electron chi connectivity index (χ3n) is 3.60. The minimum atomic E-state index is -0.940. The largest absolute Gasteiger partial charge is 0.476 e. The van der Waals surface area contributed by atoms with Crippen LogP contribution in [0, 0.1) is 6.92 Å². The number of hydrogen-bond donors (Lipinski definition) is 1. The number of nitrogens with zero attached hydrogens (tertiary/aromatic N) is 2. The van der Waals surface area contributed by atoms with Gasteiger partial charge in [0.15, 0.2) is 5.69 Å². The van der Waals surface area contributed by atoms with Crippen molar-refractivity contribution in [2.24, 2.45) is 0 Å². The predicted molar refractivity (Wildman–Crippen MR) is 75.0 cm³/mol. The fourth-order valence-electron chi connectivity index (χ4n) is 2.63. The number of aromatic nitrogens is 2. The van der Waals surface area contributed by atoms with Crippen molar-refractivity contribution < 1.29 is 9.90 Å². The number of benzene rings is 1. The van der Waals surface area contributed by atoms with Crippen LogP contribution in [0.4, 0.5) is 0 Å². The third kappa shape index (κ3) is 1.89. The molecule has 1 heterocycles. The molecule has 0 radical (unpaired) electrons. The van der Waals surface area contributed by atoms with Crippen LogP contribution < -0.4 is 0 Å². The van der Waals surface area contributed by atoms with Gasteiger partial charge in [-0.25, -0.2) is 9.48 Å². The van der Waals surface area contributed by atoms with Gasteiger partial charge in [-0.2, -0.15) is 5.10 Å². The fraction of sp³-hybridized carbons (Fsp3) is 0.286. The van der Waals surface area contributed by atoms with Crippen LogP contribution in [0.25, 0.3) is 5.69 Å². The van der Waals surface area contributed by atoms with E-state index < -0.39 is 5.97 Å². The summed E-state index contributed by atoms with van der Waals surface area (Å²) in [5.74, 6) is -0.940. The van der Waals surface area contributed by atoms with Gasteiger partial charge in [0.1, 0.15) is 0 Å². The van der Waals surface area contributed by atoms with Gasteiger partial charge in [0.05, 0.1) is 5.69 Å². The van der Waals surface area contributed by atoms with Crippen LogP contribution in [0.1, 0.15) is 33.7 Å². The van der Waals surface area contributed by atoms with Crippen molar-refractivity contribution in [3.05, 3.63) is 45.2 Å². The summed E-state index contributed by atoms with van der Waals surface area (Å²) < 4.78 is 2.80. The van der Waals surface area contributed by atoms with E-state index in [0.717, 1.165) is 46.2 Å². The Balaban J connectivity index is 2.24. The molecule has 3 rings (SSSR count). The first-order chi connectivity index (χ1) is 9.09. The summed E-state index contributed by atoms with van der Waals surface area (Å²) in [4.78, 5) is 11.3. The molecule has 0 spiro atoms. The van der Waals surface area contributed by atoms with Gasteiger partial charge in [0.25, 0.3) is 0 Å². The Morgan fingerprint density at radius 2 is 2.21 bits per heavy atom. The highest BCUT2D eigenvalue weighted by Crippen LogP contribution is 2.30. The van der Waals surface area contributed by atoms with E-state index in [1.54, 1.807) is 4.68 Å². The number of rotatable bonds is 2. The van der Waals surface area contributed by atoms with Crippen molar-refractivity contribution in [2.75, 3.05) is 0 Å². The van der Waals surface area contributed by atoms with Gasteiger partial charge in [0.2, 0.25) is 0 Å². The van der Waals surface area contributed by atoms with Crippen molar-refractivity contribution in [1.29, 1.82) is 0 Å². The first-order valence-electron chi connectivity index (χ1n) is 6.19. The van der Waals surface area contributed by atoms with Gasteiger partial charge >= 0.3 is 5.97 Å². The lowest BCUT2D eigenvalue weighted by Gasteiger charge is -2.10. The molecule has 1 aromatic carbocycles. The number of carboxylic acid groups (broad SMARTS) is 1. The van der Waals surface area contributed by atoms with E-state index >= 15 is 0 Å². The molecule has 0 amide bonds. The van der Waals surface area contributed by atoms with Crippen molar-refractivity contribution in [3.63, 3.8) is 0 Å². The second-order valence-corrected chi connectivity index (χ2v) is 5.58. The average Bonchev–Trinajstić information content (AvgIpc) is 2.94. The highest BCUT2D eigenvalue weighted by atomic mass is 79.9. The van der Waals surface area contributed by atoms with E-state index in [-0.39, 0.29) is 5.69 Å². The van der Waals surface area contributed by atoms with Gasteiger partial charge in [-0.3, -0.25) is 0 Å². The van der Waals surface area contributed by atoms with Crippen LogP contribution in [0.3, 0.4) is 0 Å². The molecule has 1 N–H and O–H groups in total. The quantitative estimate of drug-likeness (QED) is 0.924. The standard InChI is InChI=1S/C14H13BrN2O2/c1-8-10(15)5-3-6-11(8)17-12-7-2-4-9(12)13(16-17)14(18)19/h3,5-6H,2,4,7H2,1H3,(H,18,19). The molecule has 1 aliphatic carbocycles. The van der Waals surface area contributed by atoms with Crippen LogP contribution in [-0.2, 0) is 12.8 Å².